The number of nitrogens with zero attached hydrogens (tertiary/aromatic N) is 1. The Morgan fingerprint density at radius 2 is 1.61 bits per heavy atom. The van der Waals surface area contributed by atoms with Crippen molar-refractivity contribution in [2.75, 3.05) is 0 Å². The Bertz CT molecular complexity index is 1240. The van der Waals surface area contributed by atoms with E-state index in [1.54, 1.807) is 6.07 Å². The van der Waals surface area contributed by atoms with Crippen molar-refractivity contribution in [3.63, 3.8) is 0 Å². The second kappa shape index (κ2) is 9.60. The van der Waals surface area contributed by atoms with E-state index < -0.39 is 11.9 Å². The van der Waals surface area contributed by atoms with Crippen molar-refractivity contribution in [1.29, 1.82) is 5.26 Å². The van der Waals surface area contributed by atoms with E-state index in [2.05, 4.69) is 6.07 Å². The minimum atomic E-state index is -0.926. The fourth-order valence-electron chi connectivity index (χ4n) is 3.69. The molecule has 0 fully saturated rings. The Morgan fingerprint density at radius 1 is 0.903 bits per heavy atom. The SMILES string of the molecule is C.N#CC(c1cccc(Oc2ccccc2)c1)c1c(CC(=O)O)ccc2ccccc12. The van der Waals surface area contributed by atoms with Gasteiger partial charge in [0.25, 0.3) is 0 Å². The summed E-state index contributed by atoms with van der Waals surface area (Å²) in [5.74, 6) is -0.215. The predicted molar refractivity (Wildman–Crippen MR) is 122 cm³/mol. The van der Waals surface area contributed by atoms with Gasteiger partial charge < -0.3 is 9.84 Å². The summed E-state index contributed by atoms with van der Waals surface area (Å²) in [5.41, 5.74) is 2.13. The van der Waals surface area contributed by atoms with Crippen LogP contribution in [0.4, 0.5) is 0 Å². The maximum Gasteiger partial charge on any atom is 0.307 e. The maximum atomic E-state index is 11.5. The van der Waals surface area contributed by atoms with Crippen molar-refractivity contribution in [2.45, 2.75) is 19.8 Å². The van der Waals surface area contributed by atoms with Gasteiger partial charge in [-0.3, -0.25) is 4.79 Å². The molecule has 0 saturated heterocycles. The average Bonchev–Trinajstić information content (AvgIpc) is 2.76. The summed E-state index contributed by atoms with van der Waals surface area (Å²) in [4.78, 5) is 11.5. The van der Waals surface area contributed by atoms with E-state index in [1.807, 2.05) is 84.9 Å². The van der Waals surface area contributed by atoms with Gasteiger partial charge in [-0.25, -0.2) is 0 Å². The summed E-state index contributed by atoms with van der Waals surface area (Å²) < 4.78 is 5.93. The Kier molecular flexibility index (Phi) is 6.69. The third-order valence-corrected chi connectivity index (χ3v) is 4.99. The highest BCUT2D eigenvalue weighted by Gasteiger charge is 2.22. The second-order valence-electron chi connectivity index (χ2n) is 6.98. The van der Waals surface area contributed by atoms with Crippen LogP contribution in [0.5, 0.6) is 11.5 Å². The van der Waals surface area contributed by atoms with Crippen LogP contribution in [0.2, 0.25) is 0 Å². The molecule has 0 aliphatic carbocycles. The molecule has 0 bridgehead atoms. The van der Waals surface area contributed by atoms with Crippen LogP contribution in [-0.2, 0) is 11.2 Å². The molecular weight excluding hydrogens is 386 g/mol. The number of rotatable bonds is 6. The monoisotopic (exact) mass is 409 g/mol. The largest absolute Gasteiger partial charge is 0.481 e. The number of ether oxygens (including phenoxy) is 1. The molecule has 0 amide bonds. The van der Waals surface area contributed by atoms with Gasteiger partial charge in [-0.1, -0.05) is 74.2 Å². The number of hydrogen-bond acceptors (Lipinski definition) is 3. The van der Waals surface area contributed by atoms with Crippen molar-refractivity contribution in [2.24, 2.45) is 0 Å². The third kappa shape index (κ3) is 4.73. The molecule has 0 saturated carbocycles. The Balaban J connectivity index is 0.00000272. The van der Waals surface area contributed by atoms with Crippen LogP contribution in [-0.4, -0.2) is 11.1 Å². The van der Waals surface area contributed by atoms with Gasteiger partial charge in [0.2, 0.25) is 0 Å². The minimum absolute atomic E-state index is 0. The molecule has 0 aliphatic heterocycles. The van der Waals surface area contributed by atoms with Gasteiger partial charge in [0.05, 0.1) is 18.4 Å². The summed E-state index contributed by atoms with van der Waals surface area (Å²) in [5, 5.41) is 21.3. The number of para-hydroxylation sites is 1. The van der Waals surface area contributed by atoms with Crippen LogP contribution in [0.3, 0.4) is 0 Å². The molecule has 4 aromatic rings. The Morgan fingerprint density at radius 3 is 2.35 bits per heavy atom. The molecule has 1 unspecified atom stereocenters. The lowest BCUT2D eigenvalue weighted by molar-refractivity contribution is -0.136. The summed E-state index contributed by atoms with van der Waals surface area (Å²) in [6, 6.07) is 30.7. The molecule has 1 atom stereocenters. The third-order valence-electron chi connectivity index (χ3n) is 4.99. The average molecular weight is 409 g/mol. The van der Waals surface area contributed by atoms with Crippen molar-refractivity contribution in [3.05, 3.63) is 108 Å². The number of carboxylic acid groups (broad SMARTS) is 1. The molecule has 0 aliphatic rings. The van der Waals surface area contributed by atoms with Gasteiger partial charge in [-0.05, 0) is 51.7 Å². The molecule has 0 spiro atoms. The summed E-state index contributed by atoms with van der Waals surface area (Å²) in [6.45, 7) is 0. The van der Waals surface area contributed by atoms with Crippen LogP contribution < -0.4 is 4.74 Å². The molecule has 154 valence electrons. The molecule has 4 heteroatoms. The molecular formula is C27H23NO3. The zero-order chi connectivity index (χ0) is 20.9. The fraction of sp³-hybridized carbons (Fsp3) is 0.111. The summed E-state index contributed by atoms with van der Waals surface area (Å²) in [6.07, 6.45) is -0.140. The lowest BCUT2D eigenvalue weighted by Gasteiger charge is -2.18. The summed E-state index contributed by atoms with van der Waals surface area (Å²) >= 11 is 0. The van der Waals surface area contributed by atoms with E-state index in [-0.39, 0.29) is 13.8 Å². The van der Waals surface area contributed by atoms with E-state index >= 15 is 0 Å². The molecule has 1 N–H and O–H groups in total. The van der Waals surface area contributed by atoms with Gasteiger partial charge in [-0.2, -0.15) is 5.26 Å². The normalized spacial score (nSPS) is 11.2. The Labute approximate surface area is 182 Å². The first-order valence-electron chi connectivity index (χ1n) is 9.60. The Hall–Kier alpha value is -4.10. The van der Waals surface area contributed by atoms with Gasteiger partial charge in [0.15, 0.2) is 0 Å². The van der Waals surface area contributed by atoms with Gasteiger partial charge in [0, 0.05) is 0 Å². The second-order valence-corrected chi connectivity index (χ2v) is 6.98. The summed E-state index contributed by atoms with van der Waals surface area (Å²) in [7, 11) is 0. The van der Waals surface area contributed by atoms with Gasteiger partial charge >= 0.3 is 5.97 Å². The van der Waals surface area contributed by atoms with Crippen LogP contribution in [0, 0.1) is 11.3 Å². The first-order chi connectivity index (χ1) is 14.7. The number of carboxylic acids is 1. The predicted octanol–water partition coefficient (Wildman–Crippen LogP) is 6.55. The topological polar surface area (TPSA) is 70.3 Å². The number of aliphatic carboxylic acids is 1. The highest BCUT2D eigenvalue weighted by Crippen LogP contribution is 2.35. The lowest BCUT2D eigenvalue weighted by Crippen LogP contribution is -2.08. The zero-order valence-corrected chi connectivity index (χ0v) is 16.2. The lowest BCUT2D eigenvalue weighted by atomic mass is 9.84. The number of hydrogen-bond donors (Lipinski definition) is 1. The molecule has 0 aromatic heterocycles. The quantitative estimate of drug-likeness (QED) is 0.392. The number of nitriles is 1. The highest BCUT2D eigenvalue weighted by molar-refractivity contribution is 5.89. The fourth-order valence-corrected chi connectivity index (χ4v) is 3.69. The maximum absolute atomic E-state index is 11.5. The number of benzene rings is 4. The number of fused-ring (bicyclic) bond motifs is 1. The molecule has 4 nitrogen and oxygen atoms in total. The standard InChI is InChI=1S/C26H19NO3.CH4/c27-17-24(19-8-6-11-22(15-19)30-21-9-2-1-3-10-21)26-20(16-25(28)29)14-13-18-7-4-5-12-23(18)26;/h1-15,24H,16H2,(H,28,29);1H4. The van der Waals surface area contributed by atoms with E-state index in [4.69, 9.17) is 4.74 Å². The van der Waals surface area contributed by atoms with E-state index in [9.17, 15) is 15.2 Å². The molecule has 0 radical (unpaired) electrons. The van der Waals surface area contributed by atoms with Crippen LogP contribution in [0.25, 0.3) is 10.8 Å². The van der Waals surface area contributed by atoms with Crippen LogP contribution in [0.15, 0.2) is 91.0 Å². The molecule has 4 aromatic carbocycles. The van der Waals surface area contributed by atoms with Crippen molar-refractivity contribution in [3.8, 4) is 17.6 Å². The minimum Gasteiger partial charge on any atom is -0.481 e. The van der Waals surface area contributed by atoms with Crippen LogP contribution in [0.1, 0.15) is 30.0 Å². The first kappa shape index (κ1) is 21.6. The molecule has 4 rings (SSSR count). The van der Waals surface area contributed by atoms with Crippen molar-refractivity contribution < 1.29 is 14.6 Å². The zero-order valence-electron chi connectivity index (χ0n) is 16.2. The van der Waals surface area contributed by atoms with Gasteiger partial charge in [-0.15, -0.1) is 0 Å². The van der Waals surface area contributed by atoms with E-state index in [0.717, 1.165) is 21.9 Å². The smallest absolute Gasteiger partial charge is 0.307 e. The first-order valence-corrected chi connectivity index (χ1v) is 9.60. The number of carbonyl (C=O) groups is 1. The van der Waals surface area contributed by atoms with Crippen LogP contribution >= 0.6 is 0 Å². The molecule has 0 heterocycles. The van der Waals surface area contributed by atoms with E-state index in [0.29, 0.717) is 17.1 Å². The highest BCUT2D eigenvalue weighted by atomic mass is 16.5. The van der Waals surface area contributed by atoms with Crippen molar-refractivity contribution in [1.82, 2.24) is 0 Å². The van der Waals surface area contributed by atoms with E-state index in [1.165, 1.54) is 0 Å². The van der Waals surface area contributed by atoms with Gasteiger partial charge in [0.1, 0.15) is 11.5 Å². The van der Waals surface area contributed by atoms with Crippen molar-refractivity contribution >= 4 is 16.7 Å². The molecule has 31 heavy (non-hydrogen) atoms.